The van der Waals surface area contributed by atoms with Crippen LogP contribution in [0.1, 0.15) is 22.3 Å². The van der Waals surface area contributed by atoms with Gasteiger partial charge in [-0.15, -0.1) is 22.7 Å². The van der Waals surface area contributed by atoms with Crippen molar-refractivity contribution in [3.05, 3.63) is 34.3 Å². The van der Waals surface area contributed by atoms with Gasteiger partial charge in [0.05, 0.1) is 18.2 Å². The zero-order valence-corrected chi connectivity index (χ0v) is 12.2. The van der Waals surface area contributed by atoms with E-state index >= 15 is 0 Å². The molecular formula is C13H12N2O2S2. The highest BCUT2D eigenvalue weighted by Crippen LogP contribution is 2.32. The first-order valence-electron chi connectivity index (χ1n) is 5.86. The molecule has 3 aromatic rings. The third-order valence-corrected chi connectivity index (χ3v) is 5.00. The van der Waals surface area contributed by atoms with E-state index in [1.807, 2.05) is 24.4 Å². The van der Waals surface area contributed by atoms with Gasteiger partial charge in [0.25, 0.3) is 0 Å². The van der Waals surface area contributed by atoms with Gasteiger partial charge < -0.3 is 4.74 Å². The number of aryl methyl sites for hydroxylation is 1. The molecule has 6 heteroatoms. The van der Waals surface area contributed by atoms with Gasteiger partial charge in [-0.2, -0.15) is 5.10 Å². The van der Waals surface area contributed by atoms with Crippen molar-refractivity contribution in [1.82, 2.24) is 9.78 Å². The predicted octanol–water partition coefficient (Wildman–Crippen LogP) is 3.42. The summed E-state index contributed by atoms with van der Waals surface area (Å²) in [5.74, 6) is 0.508. The molecule has 0 N–H and O–H groups in total. The normalized spacial score (nSPS) is 11.1. The maximum atomic E-state index is 12.6. The number of ketones is 1. The molecule has 0 radical (unpaired) electrons. The van der Waals surface area contributed by atoms with Gasteiger partial charge >= 0.3 is 0 Å². The molecule has 0 aliphatic heterocycles. The highest BCUT2D eigenvalue weighted by Gasteiger charge is 2.22. The van der Waals surface area contributed by atoms with E-state index in [0.717, 1.165) is 14.3 Å². The third-order valence-electron chi connectivity index (χ3n) is 2.90. The first-order valence-corrected chi connectivity index (χ1v) is 7.55. The van der Waals surface area contributed by atoms with Crippen LogP contribution in [0.15, 0.2) is 23.7 Å². The zero-order chi connectivity index (χ0) is 13.4. The second-order valence-corrected chi connectivity index (χ2v) is 6.00. The Hall–Kier alpha value is -1.66. The Morgan fingerprint density at radius 1 is 1.47 bits per heavy atom. The average Bonchev–Trinajstić information content (AvgIpc) is 3.10. The van der Waals surface area contributed by atoms with E-state index in [9.17, 15) is 4.79 Å². The quantitative estimate of drug-likeness (QED) is 0.692. The Bertz CT molecular complexity index is 689. The number of nitrogens with zero attached hydrogens (tertiary/aromatic N) is 2. The Morgan fingerprint density at radius 3 is 3.00 bits per heavy atom. The molecule has 3 aromatic heterocycles. The molecule has 4 nitrogen and oxygen atoms in total. The van der Waals surface area contributed by atoms with Crippen molar-refractivity contribution in [3.8, 4) is 5.75 Å². The van der Waals surface area contributed by atoms with Crippen molar-refractivity contribution >= 4 is 37.9 Å². The standard InChI is InChI=1S/C13H12N2O2S2/c1-3-15-12(8(17-2)7-14-15)13(16)11-6-10-9(19-11)4-5-18-10/h4-7H,3H2,1-2H3. The van der Waals surface area contributed by atoms with Crippen molar-refractivity contribution < 1.29 is 9.53 Å². The van der Waals surface area contributed by atoms with Gasteiger partial charge in [0.2, 0.25) is 5.78 Å². The maximum Gasteiger partial charge on any atom is 0.224 e. The van der Waals surface area contributed by atoms with Crippen molar-refractivity contribution in [3.63, 3.8) is 0 Å². The smallest absolute Gasteiger partial charge is 0.224 e. The lowest BCUT2D eigenvalue weighted by Crippen LogP contribution is -2.10. The van der Waals surface area contributed by atoms with E-state index < -0.39 is 0 Å². The van der Waals surface area contributed by atoms with E-state index in [0.29, 0.717) is 18.0 Å². The molecule has 0 unspecified atom stereocenters. The molecule has 0 spiro atoms. The lowest BCUT2D eigenvalue weighted by molar-refractivity contribution is 0.103. The molecule has 0 saturated heterocycles. The average molecular weight is 292 g/mol. The molecule has 0 bridgehead atoms. The summed E-state index contributed by atoms with van der Waals surface area (Å²) >= 11 is 3.16. The molecule has 3 heterocycles. The Morgan fingerprint density at radius 2 is 2.32 bits per heavy atom. The van der Waals surface area contributed by atoms with Crippen molar-refractivity contribution in [2.75, 3.05) is 7.11 Å². The van der Waals surface area contributed by atoms with Crippen LogP contribution in [-0.2, 0) is 6.54 Å². The Balaban J connectivity index is 2.08. The Kier molecular flexibility index (Phi) is 3.12. The minimum Gasteiger partial charge on any atom is -0.493 e. The lowest BCUT2D eigenvalue weighted by Gasteiger charge is -2.04. The highest BCUT2D eigenvalue weighted by molar-refractivity contribution is 7.28. The first kappa shape index (κ1) is 12.4. The molecule has 0 saturated carbocycles. The zero-order valence-electron chi connectivity index (χ0n) is 10.5. The van der Waals surface area contributed by atoms with Crippen molar-refractivity contribution in [2.45, 2.75) is 13.5 Å². The van der Waals surface area contributed by atoms with Crippen LogP contribution in [0, 0.1) is 0 Å². The van der Waals surface area contributed by atoms with E-state index in [-0.39, 0.29) is 5.78 Å². The number of carbonyl (C=O) groups excluding carboxylic acids is 1. The molecule has 0 atom stereocenters. The molecular weight excluding hydrogens is 280 g/mol. The number of aromatic nitrogens is 2. The van der Waals surface area contributed by atoms with Gasteiger partial charge in [0, 0.05) is 15.9 Å². The van der Waals surface area contributed by atoms with Crippen LogP contribution in [0.4, 0.5) is 0 Å². The number of fused-ring (bicyclic) bond motifs is 1. The molecule has 3 rings (SSSR count). The van der Waals surface area contributed by atoms with Crippen LogP contribution in [-0.4, -0.2) is 22.7 Å². The highest BCUT2D eigenvalue weighted by atomic mass is 32.1. The van der Waals surface area contributed by atoms with Crippen LogP contribution < -0.4 is 4.74 Å². The summed E-state index contributed by atoms with van der Waals surface area (Å²) < 4.78 is 9.20. The molecule has 0 amide bonds. The summed E-state index contributed by atoms with van der Waals surface area (Å²) in [5, 5.41) is 6.21. The van der Waals surface area contributed by atoms with E-state index in [4.69, 9.17) is 4.74 Å². The fourth-order valence-electron chi connectivity index (χ4n) is 1.98. The number of ether oxygens (including phenoxy) is 1. The monoisotopic (exact) mass is 292 g/mol. The number of carbonyl (C=O) groups is 1. The van der Waals surface area contributed by atoms with Crippen molar-refractivity contribution in [1.29, 1.82) is 0 Å². The second kappa shape index (κ2) is 4.79. The molecule has 98 valence electrons. The summed E-state index contributed by atoms with van der Waals surface area (Å²) in [4.78, 5) is 13.3. The summed E-state index contributed by atoms with van der Waals surface area (Å²) in [5.41, 5.74) is 0.527. The maximum absolute atomic E-state index is 12.6. The van der Waals surface area contributed by atoms with E-state index in [1.165, 1.54) is 11.3 Å². The van der Waals surface area contributed by atoms with Gasteiger partial charge in [-0.1, -0.05) is 0 Å². The molecule has 0 aromatic carbocycles. The van der Waals surface area contributed by atoms with Crippen LogP contribution >= 0.6 is 22.7 Å². The molecule has 0 aliphatic rings. The fraction of sp³-hybridized carbons (Fsp3) is 0.231. The van der Waals surface area contributed by atoms with Crippen LogP contribution in [0.5, 0.6) is 5.75 Å². The third kappa shape index (κ3) is 1.97. The fourth-order valence-corrected chi connectivity index (χ4v) is 4.03. The predicted molar refractivity (Wildman–Crippen MR) is 77.6 cm³/mol. The van der Waals surface area contributed by atoms with Gasteiger partial charge in [0.15, 0.2) is 11.4 Å². The number of hydrogen-bond acceptors (Lipinski definition) is 5. The SMILES string of the molecule is CCn1ncc(OC)c1C(=O)c1cc2sccc2s1. The van der Waals surface area contributed by atoms with E-state index in [1.54, 1.807) is 29.3 Å². The number of thiophene rings is 2. The topological polar surface area (TPSA) is 44.1 Å². The lowest BCUT2D eigenvalue weighted by atomic mass is 10.2. The summed E-state index contributed by atoms with van der Waals surface area (Å²) in [7, 11) is 1.56. The largest absolute Gasteiger partial charge is 0.493 e. The van der Waals surface area contributed by atoms with Gasteiger partial charge in [-0.25, -0.2) is 0 Å². The van der Waals surface area contributed by atoms with Gasteiger partial charge in [-0.05, 0) is 24.4 Å². The summed E-state index contributed by atoms with van der Waals surface area (Å²) in [6, 6.07) is 3.98. The van der Waals surface area contributed by atoms with E-state index in [2.05, 4.69) is 5.10 Å². The first-order chi connectivity index (χ1) is 9.24. The molecule has 0 aliphatic carbocycles. The molecule has 19 heavy (non-hydrogen) atoms. The summed E-state index contributed by atoms with van der Waals surface area (Å²) in [6.45, 7) is 2.60. The Labute approximate surface area is 118 Å². The minimum atomic E-state index is -0.0235. The van der Waals surface area contributed by atoms with Crippen molar-refractivity contribution in [2.24, 2.45) is 0 Å². The number of rotatable bonds is 4. The minimum absolute atomic E-state index is 0.0235. The second-order valence-electron chi connectivity index (χ2n) is 3.97. The number of hydrogen-bond donors (Lipinski definition) is 0. The van der Waals surface area contributed by atoms with Gasteiger partial charge in [-0.3, -0.25) is 9.48 Å². The van der Waals surface area contributed by atoms with Crippen LogP contribution in [0.3, 0.4) is 0 Å². The number of methoxy groups -OCH3 is 1. The van der Waals surface area contributed by atoms with Crippen LogP contribution in [0.2, 0.25) is 0 Å². The van der Waals surface area contributed by atoms with Gasteiger partial charge in [0.1, 0.15) is 0 Å². The van der Waals surface area contributed by atoms with Crippen LogP contribution in [0.25, 0.3) is 9.40 Å². The summed E-state index contributed by atoms with van der Waals surface area (Å²) in [6.07, 6.45) is 1.59. The molecule has 0 fully saturated rings.